The molecule has 0 amide bonds. The second-order valence-corrected chi connectivity index (χ2v) is 23.1. The summed E-state index contributed by atoms with van der Waals surface area (Å²) in [7, 11) is 0. The molecule has 348 valence electrons. The van der Waals surface area contributed by atoms with Gasteiger partial charge in [0.25, 0.3) is 12.9 Å². The molecule has 0 aromatic heterocycles. The van der Waals surface area contributed by atoms with E-state index in [1.807, 2.05) is 0 Å². The van der Waals surface area contributed by atoms with Crippen LogP contribution in [0.4, 0.5) is 0 Å². The first-order valence-corrected chi connectivity index (χ1v) is 24.4. The summed E-state index contributed by atoms with van der Waals surface area (Å²) in [5, 5.41) is 39.7. The minimum Gasteiger partial charge on any atom is -0.481 e. The Labute approximate surface area is 383 Å². The van der Waals surface area contributed by atoms with Gasteiger partial charge in [0.2, 0.25) is 0 Å². The number of halogens is 1. The number of carboxylic acid groups (broad SMARTS) is 2. The van der Waals surface area contributed by atoms with Gasteiger partial charge in [-0.05, 0) is 202 Å². The summed E-state index contributed by atoms with van der Waals surface area (Å²) in [6.45, 7) is 15.5. The van der Waals surface area contributed by atoms with E-state index in [1.54, 1.807) is 0 Å². The Kier molecular flexibility index (Phi) is 15.4. The number of fused-ring (bicyclic) bond motifs is 10. The molecule has 0 radical (unpaired) electrons. The van der Waals surface area contributed by atoms with Gasteiger partial charge in [-0.15, -0.1) is 24.0 Å². The van der Waals surface area contributed by atoms with Crippen LogP contribution in [-0.2, 0) is 28.7 Å². The lowest BCUT2D eigenvalue weighted by molar-refractivity contribution is -0.190. The molecule has 61 heavy (non-hydrogen) atoms. The van der Waals surface area contributed by atoms with Gasteiger partial charge in [0, 0.05) is 18.8 Å². The Balaban J connectivity index is 0.000000202. The average molecular weight is 969 g/mol. The molecule has 0 spiro atoms. The molecule has 8 unspecified atom stereocenters. The summed E-state index contributed by atoms with van der Waals surface area (Å²) >= 11 is 0. The number of carbonyl (C=O) groups excluding carboxylic acids is 2. The summed E-state index contributed by atoms with van der Waals surface area (Å²) in [6.07, 6.45) is 18.4. The maximum absolute atomic E-state index is 11.5. The van der Waals surface area contributed by atoms with Crippen molar-refractivity contribution in [3.8, 4) is 0 Å². The number of rotatable bonds is 12. The van der Waals surface area contributed by atoms with Gasteiger partial charge in [-0.2, -0.15) is 0 Å². The number of hydrogen-bond donors (Lipinski definition) is 4. The zero-order valence-electron chi connectivity index (χ0n) is 38.2. The van der Waals surface area contributed by atoms with Crippen LogP contribution in [0, 0.1) is 92.7 Å². The first-order valence-electron chi connectivity index (χ1n) is 24.4. The molecule has 11 heteroatoms. The average Bonchev–Trinajstić information content (AvgIpc) is 3.74. The summed E-state index contributed by atoms with van der Waals surface area (Å²) in [4.78, 5) is 44.6. The summed E-state index contributed by atoms with van der Waals surface area (Å²) in [6, 6.07) is 0. The van der Waals surface area contributed by atoms with Crippen LogP contribution in [0.15, 0.2) is 0 Å². The molecule has 8 aliphatic carbocycles. The monoisotopic (exact) mass is 968 g/mol. The molecule has 20 atom stereocenters. The molecule has 0 heterocycles. The van der Waals surface area contributed by atoms with E-state index in [0.29, 0.717) is 84.0 Å². The highest BCUT2D eigenvalue weighted by Crippen LogP contribution is 2.70. The van der Waals surface area contributed by atoms with E-state index in [4.69, 9.17) is 19.7 Å². The highest BCUT2D eigenvalue weighted by atomic mass is 127. The van der Waals surface area contributed by atoms with E-state index in [0.717, 1.165) is 83.5 Å². The lowest BCUT2D eigenvalue weighted by Gasteiger charge is -2.62. The second-order valence-electron chi connectivity index (χ2n) is 23.1. The normalized spacial score (nSPS) is 47.9. The number of aliphatic hydroxyl groups is 2. The van der Waals surface area contributed by atoms with Crippen LogP contribution < -0.4 is 0 Å². The van der Waals surface area contributed by atoms with Gasteiger partial charge in [0.15, 0.2) is 0 Å². The maximum Gasteiger partial charge on any atom is 0.303 e. The molecular formula is C50H81IO10. The van der Waals surface area contributed by atoms with Crippen LogP contribution in [0.3, 0.4) is 0 Å². The van der Waals surface area contributed by atoms with Gasteiger partial charge in [-0.1, -0.05) is 41.5 Å². The van der Waals surface area contributed by atoms with Crippen molar-refractivity contribution >= 4 is 48.9 Å². The molecule has 0 saturated heterocycles. The van der Waals surface area contributed by atoms with Crippen molar-refractivity contribution in [3.05, 3.63) is 0 Å². The molecule has 0 aromatic rings. The zero-order valence-corrected chi connectivity index (χ0v) is 40.5. The summed E-state index contributed by atoms with van der Waals surface area (Å²) < 4.78 is 11.1. The first-order chi connectivity index (χ1) is 28.4. The fourth-order valence-electron chi connectivity index (χ4n) is 17.8. The topological polar surface area (TPSA) is 168 Å². The van der Waals surface area contributed by atoms with E-state index in [-0.39, 0.29) is 82.9 Å². The number of aliphatic hydroxyl groups excluding tert-OH is 2. The molecule has 8 aliphatic rings. The minimum atomic E-state index is -0.708. The van der Waals surface area contributed by atoms with E-state index >= 15 is 0 Å². The van der Waals surface area contributed by atoms with Crippen LogP contribution >= 0.6 is 24.0 Å². The smallest absolute Gasteiger partial charge is 0.303 e. The van der Waals surface area contributed by atoms with Crippen LogP contribution in [0.2, 0.25) is 0 Å². The first kappa shape index (κ1) is 49.0. The molecular weight excluding hydrogens is 887 g/mol. The molecule has 0 bridgehead atoms. The van der Waals surface area contributed by atoms with Gasteiger partial charge in [0.05, 0.1) is 12.2 Å². The lowest BCUT2D eigenvalue weighted by Crippen LogP contribution is -2.59. The van der Waals surface area contributed by atoms with E-state index < -0.39 is 11.9 Å². The Hall–Kier alpha value is -1.47. The van der Waals surface area contributed by atoms with Crippen molar-refractivity contribution in [2.75, 3.05) is 0 Å². The Morgan fingerprint density at radius 3 is 1.57 bits per heavy atom. The molecule has 0 aliphatic heterocycles. The quantitative estimate of drug-likeness (QED) is 0.109. The SMILES string of the molecule is CC(CCC(=O)O)[C@H]1CCC2[C@H]3C(CC[C@@]21C)[C@@]1(C)CCC(O)C[C@H]1C[C@@H]3O.CC(CCC(=O)O)[C@H]1CCC2[C@H]3C(CC[C@@]21C)[C@@]1(C)CCC(OC=O)C[C@H]1C[C@@H]3OC=O.I. The summed E-state index contributed by atoms with van der Waals surface area (Å²) in [5.74, 6) is 4.40. The third kappa shape index (κ3) is 8.95. The number of carboxylic acids is 2. The number of carbonyl (C=O) groups is 4. The van der Waals surface area contributed by atoms with Crippen molar-refractivity contribution in [2.24, 2.45) is 92.7 Å². The van der Waals surface area contributed by atoms with Crippen molar-refractivity contribution < 1.29 is 49.1 Å². The lowest BCUT2D eigenvalue weighted by atomic mass is 9.43. The highest BCUT2D eigenvalue weighted by molar-refractivity contribution is 14.0. The predicted molar refractivity (Wildman–Crippen MR) is 243 cm³/mol. The zero-order chi connectivity index (χ0) is 43.4. The van der Waals surface area contributed by atoms with Gasteiger partial charge in [-0.25, -0.2) is 0 Å². The summed E-state index contributed by atoms with van der Waals surface area (Å²) in [5.41, 5.74) is 0.907. The Bertz CT molecular complexity index is 1560. The van der Waals surface area contributed by atoms with Crippen LogP contribution in [0.5, 0.6) is 0 Å². The third-order valence-corrected chi connectivity index (χ3v) is 20.9. The number of ether oxygens (including phenoxy) is 2. The van der Waals surface area contributed by atoms with Crippen LogP contribution in [0.1, 0.15) is 170 Å². The largest absolute Gasteiger partial charge is 0.481 e. The van der Waals surface area contributed by atoms with Crippen LogP contribution in [0.25, 0.3) is 0 Å². The molecule has 8 fully saturated rings. The Morgan fingerprint density at radius 1 is 0.590 bits per heavy atom. The van der Waals surface area contributed by atoms with E-state index in [9.17, 15) is 29.4 Å². The molecule has 4 N–H and O–H groups in total. The number of aliphatic carboxylic acids is 2. The predicted octanol–water partition coefficient (Wildman–Crippen LogP) is 9.94. The van der Waals surface area contributed by atoms with E-state index in [1.165, 1.54) is 32.1 Å². The van der Waals surface area contributed by atoms with Gasteiger partial charge < -0.3 is 29.9 Å². The fraction of sp³-hybridized carbons (Fsp3) is 0.920. The van der Waals surface area contributed by atoms with Crippen molar-refractivity contribution in [1.82, 2.24) is 0 Å². The van der Waals surface area contributed by atoms with E-state index in [2.05, 4.69) is 41.5 Å². The standard InChI is InChI=1S/C26H40O6.C24H40O4.HI/c1-16(4-7-23(29)30)19-5-6-20-24-21(9-11-26(19,20)3)25(2)10-8-18(31-14-27)12-17(25)13-22(24)32-15-28;1-14(4-7-21(27)28)17-5-6-18-22-19(9-11-24(17,18)3)23(2)10-8-16(25)12-15(23)13-20(22)26;/h14-22,24H,4-13H2,1-3H3,(H,29,30);14-20,22,25-26H,4-13H2,1-3H3,(H,27,28);1H/t16?,17-,18?,19+,20?,21?,22-,24-,25-,26+;14?,15-,16?,17+,18?,19?,20-,22-,23-,24+;/m00./s1. The third-order valence-electron chi connectivity index (χ3n) is 20.9. The minimum absolute atomic E-state index is 0. The van der Waals surface area contributed by atoms with Crippen molar-refractivity contribution in [2.45, 2.75) is 194 Å². The Morgan fingerprint density at radius 2 is 1.05 bits per heavy atom. The molecule has 8 rings (SSSR count). The highest BCUT2D eigenvalue weighted by Gasteiger charge is 2.65. The van der Waals surface area contributed by atoms with Gasteiger partial charge >= 0.3 is 11.9 Å². The van der Waals surface area contributed by atoms with Crippen molar-refractivity contribution in [1.29, 1.82) is 0 Å². The maximum atomic E-state index is 11.5. The second kappa shape index (κ2) is 19.2. The van der Waals surface area contributed by atoms with Gasteiger partial charge in [-0.3, -0.25) is 19.2 Å². The van der Waals surface area contributed by atoms with Crippen LogP contribution in [-0.4, -0.2) is 69.7 Å². The molecule has 10 nitrogen and oxygen atoms in total. The van der Waals surface area contributed by atoms with Crippen molar-refractivity contribution in [3.63, 3.8) is 0 Å². The fourth-order valence-corrected chi connectivity index (χ4v) is 17.8. The van der Waals surface area contributed by atoms with Gasteiger partial charge in [0.1, 0.15) is 12.2 Å². The molecule has 0 aromatic carbocycles. The number of hydrogen-bond acceptors (Lipinski definition) is 8. The molecule has 8 saturated carbocycles.